The summed E-state index contributed by atoms with van der Waals surface area (Å²) in [6.07, 6.45) is 2.69. The van der Waals surface area contributed by atoms with Crippen LogP contribution in [0.25, 0.3) is 0 Å². The largest absolute Gasteiger partial charge is 0.349 e. The summed E-state index contributed by atoms with van der Waals surface area (Å²) < 4.78 is 0. The lowest BCUT2D eigenvalue weighted by Crippen LogP contribution is -2.31. The molecule has 1 aliphatic rings. The molecule has 0 aliphatic heterocycles. The zero-order valence-corrected chi connectivity index (χ0v) is 13.6. The van der Waals surface area contributed by atoms with Crippen molar-refractivity contribution in [3.05, 3.63) is 69.7 Å². The Bertz CT molecular complexity index is 648. The highest BCUT2D eigenvalue weighted by Crippen LogP contribution is 2.41. The number of nitrogens with one attached hydrogen (secondary N) is 1. The van der Waals surface area contributed by atoms with Crippen molar-refractivity contribution in [2.75, 3.05) is 0 Å². The van der Waals surface area contributed by atoms with Crippen molar-refractivity contribution < 1.29 is 4.79 Å². The van der Waals surface area contributed by atoms with E-state index in [2.05, 4.69) is 5.32 Å². The Kier molecular flexibility index (Phi) is 4.70. The van der Waals surface area contributed by atoms with Gasteiger partial charge in [0.15, 0.2) is 0 Å². The molecule has 0 spiro atoms. The predicted octanol–water partition coefficient (Wildman–Crippen LogP) is 4.80. The third-order valence-electron chi connectivity index (χ3n) is 3.92. The summed E-state index contributed by atoms with van der Waals surface area (Å²) in [5.74, 6) is 0.574. The van der Waals surface area contributed by atoms with Crippen LogP contribution in [0.4, 0.5) is 0 Å². The van der Waals surface area contributed by atoms with Crippen LogP contribution in [0.3, 0.4) is 0 Å². The van der Waals surface area contributed by atoms with Gasteiger partial charge in [-0.2, -0.15) is 0 Å². The van der Waals surface area contributed by atoms with Crippen molar-refractivity contribution in [2.24, 2.45) is 5.92 Å². The fourth-order valence-corrected chi connectivity index (χ4v) is 2.84. The van der Waals surface area contributed by atoms with E-state index in [-0.39, 0.29) is 11.9 Å². The van der Waals surface area contributed by atoms with Crippen LogP contribution in [0.15, 0.2) is 48.5 Å². The van der Waals surface area contributed by atoms with Gasteiger partial charge in [-0.05, 0) is 54.2 Å². The number of carbonyl (C=O) groups is 1. The molecule has 0 aromatic heterocycles. The molecule has 0 heterocycles. The molecule has 1 unspecified atom stereocenters. The van der Waals surface area contributed by atoms with Gasteiger partial charge in [0.25, 0.3) is 0 Å². The van der Waals surface area contributed by atoms with Gasteiger partial charge in [0.1, 0.15) is 0 Å². The Morgan fingerprint density at radius 3 is 2.09 bits per heavy atom. The average molecular weight is 334 g/mol. The fraction of sp³-hybridized carbons (Fsp3) is 0.278. The Balaban J connectivity index is 1.67. The maximum atomic E-state index is 12.3. The fourth-order valence-electron chi connectivity index (χ4n) is 2.59. The van der Waals surface area contributed by atoms with E-state index in [4.69, 9.17) is 23.2 Å². The molecule has 1 atom stereocenters. The van der Waals surface area contributed by atoms with Crippen LogP contribution in [-0.4, -0.2) is 5.91 Å². The molecule has 0 saturated heterocycles. The Hall–Kier alpha value is -1.51. The topological polar surface area (TPSA) is 29.1 Å². The van der Waals surface area contributed by atoms with E-state index in [0.717, 1.165) is 24.0 Å². The molecule has 1 amide bonds. The van der Waals surface area contributed by atoms with E-state index in [1.54, 1.807) is 0 Å². The van der Waals surface area contributed by atoms with Crippen LogP contribution in [0.5, 0.6) is 0 Å². The molecule has 1 fully saturated rings. The highest BCUT2D eigenvalue weighted by molar-refractivity contribution is 6.30. The monoisotopic (exact) mass is 333 g/mol. The van der Waals surface area contributed by atoms with E-state index in [1.807, 2.05) is 48.5 Å². The molecule has 3 rings (SSSR count). The number of hydrogen-bond acceptors (Lipinski definition) is 1. The third kappa shape index (κ3) is 4.02. The van der Waals surface area contributed by atoms with Crippen molar-refractivity contribution in [3.63, 3.8) is 0 Å². The highest BCUT2D eigenvalue weighted by Gasteiger charge is 2.33. The van der Waals surface area contributed by atoms with Gasteiger partial charge in [-0.3, -0.25) is 4.79 Å². The summed E-state index contributed by atoms with van der Waals surface area (Å²) in [4.78, 5) is 12.3. The average Bonchev–Trinajstić information content (AvgIpc) is 3.33. The first-order chi connectivity index (χ1) is 10.6. The first kappa shape index (κ1) is 15.4. The van der Waals surface area contributed by atoms with Crippen molar-refractivity contribution in [1.29, 1.82) is 0 Å². The minimum Gasteiger partial charge on any atom is -0.349 e. The molecule has 2 aromatic rings. The van der Waals surface area contributed by atoms with E-state index in [9.17, 15) is 4.79 Å². The van der Waals surface area contributed by atoms with Gasteiger partial charge in [0.2, 0.25) is 5.91 Å². The number of benzene rings is 2. The first-order valence-corrected chi connectivity index (χ1v) is 8.17. The molecule has 0 bridgehead atoms. The lowest BCUT2D eigenvalue weighted by Gasteiger charge is -2.19. The molecular weight excluding hydrogens is 317 g/mol. The summed E-state index contributed by atoms with van der Waals surface area (Å²) in [5.41, 5.74) is 2.09. The smallest absolute Gasteiger partial charge is 0.224 e. The molecule has 4 heteroatoms. The number of amides is 1. The second-order valence-corrected chi connectivity index (χ2v) is 6.61. The van der Waals surface area contributed by atoms with Crippen LogP contribution in [-0.2, 0) is 11.2 Å². The standard InChI is InChI=1S/C18H17Cl2NO/c19-15-7-1-12(2-8-15)11-17(22)21-18(13-3-4-13)14-5-9-16(20)10-6-14/h1-2,5-10,13,18H,3-4,11H2,(H,21,22). The molecule has 114 valence electrons. The minimum atomic E-state index is 0.0363. The number of halogens is 2. The SMILES string of the molecule is O=C(Cc1ccc(Cl)cc1)NC(c1ccc(Cl)cc1)C1CC1. The normalized spacial score (nSPS) is 15.4. The van der Waals surface area contributed by atoms with Gasteiger partial charge in [0.05, 0.1) is 12.5 Å². The second-order valence-electron chi connectivity index (χ2n) is 5.74. The summed E-state index contributed by atoms with van der Waals surface area (Å²) in [6, 6.07) is 15.2. The van der Waals surface area contributed by atoms with E-state index in [1.165, 1.54) is 0 Å². The van der Waals surface area contributed by atoms with Gasteiger partial charge < -0.3 is 5.32 Å². The van der Waals surface area contributed by atoms with Crippen molar-refractivity contribution in [3.8, 4) is 0 Å². The van der Waals surface area contributed by atoms with Gasteiger partial charge in [-0.15, -0.1) is 0 Å². The van der Waals surface area contributed by atoms with Crippen molar-refractivity contribution >= 4 is 29.1 Å². The second kappa shape index (κ2) is 6.72. The van der Waals surface area contributed by atoms with E-state index < -0.39 is 0 Å². The predicted molar refractivity (Wildman–Crippen MR) is 90.2 cm³/mol. The summed E-state index contributed by atoms with van der Waals surface area (Å²) in [7, 11) is 0. The van der Waals surface area contributed by atoms with Crippen molar-refractivity contribution in [2.45, 2.75) is 25.3 Å². The van der Waals surface area contributed by atoms with Crippen LogP contribution >= 0.6 is 23.2 Å². The van der Waals surface area contributed by atoms with Gasteiger partial charge >= 0.3 is 0 Å². The molecular formula is C18H17Cl2NO. The zero-order chi connectivity index (χ0) is 15.5. The van der Waals surface area contributed by atoms with Crippen molar-refractivity contribution in [1.82, 2.24) is 5.32 Å². The molecule has 2 aromatic carbocycles. The maximum Gasteiger partial charge on any atom is 0.224 e. The summed E-state index contributed by atoms with van der Waals surface area (Å²) in [5, 5.41) is 4.56. The number of carbonyl (C=O) groups excluding carboxylic acids is 1. The summed E-state index contributed by atoms with van der Waals surface area (Å²) in [6.45, 7) is 0. The van der Waals surface area contributed by atoms with Gasteiger partial charge in [-0.1, -0.05) is 47.5 Å². The molecule has 1 N–H and O–H groups in total. The Morgan fingerprint density at radius 2 is 1.55 bits per heavy atom. The lowest BCUT2D eigenvalue weighted by atomic mass is 10.0. The van der Waals surface area contributed by atoms with E-state index >= 15 is 0 Å². The van der Waals surface area contributed by atoms with Crippen LogP contribution < -0.4 is 5.32 Å². The molecule has 1 aliphatic carbocycles. The summed E-state index contributed by atoms with van der Waals surface area (Å²) >= 11 is 11.8. The number of rotatable bonds is 5. The van der Waals surface area contributed by atoms with Crippen LogP contribution in [0.2, 0.25) is 10.0 Å². The molecule has 22 heavy (non-hydrogen) atoms. The first-order valence-electron chi connectivity index (χ1n) is 7.41. The highest BCUT2D eigenvalue weighted by atomic mass is 35.5. The Labute approximate surface area is 140 Å². The van der Waals surface area contributed by atoms with Crippen LogP contribution in [0, 0.1) is 5.92 Å². The lowest BCUT2D eigenvalue weighted by molar-refractivity contribution is -0.121. The molecule has 1 saturated carbocycles. The molecule has 2 nitrogen and oxygen atoms in total. The molecule has 0 radical (unpaired) electrons. The van der Waals surface area contributed by atoms with Crippen LogP contribution in [0.1, 0.15) is 30.0 Å². The zero-order valence-electron chi connectivity index (χ0n) is 12.1. The minimum absolute atomic E-state index is 0.0363. The van der Waals surface area contributed by atoms with E-state index in [0.29, 0.717) is 22.4 Å². The Morgan fingerprint density at radius 1 is 1.00 bits per heavy atom. The van der Waals surface area contributed by atoms with Gasteiger partial charge in [0, 0.05) is 10.0 Å². The maximum absolute atomic E-state index is 12.3. The third-order valence-corrected chi connectivity index (χ3v) is 4.42. The number of hydrogen-bond donors (Lipinski definition) is 1. The quantitative estimate of drug-likeness (QED) is 0.836. The van der Waals surface area contributed by atoms with Gasteiger partial charge in [-0.25, -0.2) is 0 Å².